The zero-order valence-corrected chi connectivity index (χ0v) is 11.4. The van der Waals surface area contributed by atoms with Gasteiger partial charge >= 0.3 is 0 Å². The van der Waals surface area contributed by atoms with Gasteiger partial charge in [-0.05, 0) is 50.3 Å². The summed E-state index contributed by atoms with van der Waals surface area (Å²) < 4.78 is 0. The van der Waals surface area contributed by atoms with E-state index >= 15 is 0 Å². The first-order chi connectivity index (χ1) is 8.27. The Morgan fingerprint density at radius 3 is 2.94 bits per heavy atom. The molecule has 1 rings (SSSR count). The van der Waals surface area contributed by atoms with Gasteiger partial charge < -0.3 is 5.32 Å². The Labute approximate surface area is 108 Å². The van der Waals surface area contributed by atoms with Crippen molar-refractivity contribution in [3.8, 4) is 6.07 Å². The number of hydrogen-bond acceptors (Lipinski definition) is 3. The van der Waals surface area contributed by atoms with Crippen LogP contribution in [0.3, 0.4) is 0 Å². The summed E-state index contributed by atoms with van der Waals surface area (Å²) in [5.74, 6) is 1.10. The van der Waals surface area contributed by atoms with Gasteiger partial charge in [0.25, 0.3) is 0 Å². The molecule has 0 fully saturated rings. The van der Waals surface area contributed by atoms with Crippen LogP contribution in [0.2, 0.25) is 0 Å². The Kier molecular flexibility index (Phi) is 6.76. The van der Waals surface area contributed by atoms with E-state index in [1.165, 1.54) is 10.5 Å². The highest BCUT2D eigenvalue weighted by Crippen LogP contribution is 2.23. The maximum Gasteiger partial charge on any atom is 0.0621 e. The molecule has 0 heterocycles. The van der Waals surface area contributed by atoms with Gasteiger partial charge in [0.2, 0.25) is 0 Å². The molecule has 0 saturated heterocycles. The molecule has 2 nitrogen and oxygen atoms in total. The van der Waals surface area contributed by atoms with Crippen LogP contribution in [0.15, 0.2) is 29.2 Å². The van der Waals surface area contributed by atoms with E-state index in [1.807, 2.05) is 18.8 Å². The van der Waals surface area contributed by atoms with Gasteiger partial charge in [-0.3, -0.25) is 0 Å². The molecule has 0 aliphatic carbocycles. The molecule has 0 aliphatic rings. The van der Waals surface area contributed by atoms with Crippen LogP contribution in [0.5, 0.6) is 0 Å². The fourth-order valence-electron chi connectivity index (χ4n) is 1.54. The van der Waals surface area contributed by atoms with E-state index in [0.29, 0.717) is 12.5 Å². The van der Waals surface area contributed by atoms with Crippen LogP contribution in [0, 0.1) is 11.3 Å². The number of benzene rings is 1. The molecule has 0 aromatic heterocycles. The molecule has 0 spiro atoms. The number of unbranched alkanes of at least 4 members (excludes halogenated alkanes) is 2. The lowest BCUT2D eigenvalue weighted by molar-refractivity contribution is 0.651. The lowest BCUT2D eigenvalue weighted by Gasteiger charge is -2.11. The maximum atomic E-state index is 8.44. The quantitative estimate of drug-likeness (QED) is 0.589. The third kappa shape index (κ3) is 5.25. The van der Waals surface area contributed by atoms with Crippen molar-refractivity contribution in [2.24, 2.45) is 0 Å². The second-order valence-corrected chi connectivity index (χ2v) is 5.21. The Morgan fingerprint density at radius 2 is 2.24 bits per heavy atom. The zero-order valence-electron chi connectivity index (χ0n) is 10.6. The van der Waals surface area contributed by atoms with Crippen molar-refractivity contribution in [1.82, 2.24) is 5.32 Å². The Hall–Kier alpha value is -0.980. The van der Waals surface area contributed by atoms with Crippen LogP contribution in [0.25, 0.3) is 0 Å². The summed E-state index contributed by atoms with van der Waals surface area (Å²) in [4.78, 5) is 1.32. The Bertz CT molecular complexity index is 371. The topological polar surface area (TPSA) is 35.8 Å². The number of nitrogens with zero attached hydrogens (tertiary/aromatic N) is 1. The number of nitrogens with one attached hydrogen (secondary N) is 1. The zero-order chi connectivity index (χ0) is 12.5. The number of nitriles is 1. The van der Waals surface area contributed by atoms with E-state index < -0.39 is 0 Å². The van der Waals surface area contributed by atoms with Crippen LogP contribution in [-0.4, -0.2) is 12.8 Å². The average molecular weight is 248 g/mol. The van der Waals surface area contributed by atoms with Crippen LogP contribution < -0.4 is 5.32 Å². The SMILES string of the molecule is CNC(C)c1cccc(SCCCCC#N)c1. The predicted molar refractivity (Wildman–Crippen MR) is 74.1 cm³/mol. The molecule has 3 heteroatoms. The van der Waals surface area contributed by atoms with Gasteiger partial charge in [-0.1, -0.05) is 12.1 Å². The molecular weight excluding hydrogens is 228 g/mol. The summed E-state index contributed by atoms with van der Waals surface area (Å²) in [6, 6.07) is 11.2. The van der Waals surface area contributed by atoms with Crippen LogP contribution in [-0.2, 0) is 0 Å². The first-order valence-corrected chi connectivity index (χ1v) is 7.03. The molecule has 0 saturated carbocycles. The number of hydrogen-bond donors (Lipinski definition) is 1. The van der Waals surface area contributed by atoms with Crippen LogP contribution in [0.4, 0.5) is 0 Å². The molecule has 0 amide bonds. The highest BCUT2D eigenvalue weighted by molar-refractivity contribution is 7.99. The average Bonchev–Trinajstić information content (AvgIpc) is 2.38. The molecule has 0 bridgehead atoms. The summed E-state index contributed by atoms with van der Waals surface area (Å²) in [7, 11) is 1.98. The highest BCUT2D eigenvalue weighted by atomic mass is 32.2. The molecule has 92 valence electrons. The van der Waals surface area contributed by atoms with E-state index in [1.54, 1.807) is 0 Å². The lowest BCUT2D eigenvalue weighted by Crippen LogP contribution is -2.11. The normalized spacial score (nSPS) is 12.1. The predicted octanol–water partition coefficient (Wildman–Crippen LogP) is 3.75. The lowest BCUT2D eigenvalue weighted by atomic mass is 10.1. The van der Waals surface area contributed by atoms with Crippen molar-refractivity contribution in [2.75, 3.05) is 12.8 Å². The van der Waals surface area contributed by atoms with Crippen molar-refractivity contribution in [2.45, 2.75) is 37.1 Å². The van der Waals surface area contributed by atoms with E-state index in [-0.39, 0.29) is 0 Å². The molecule has 17 heavy (non-hydrogen) atoms. The summed E-state index contributed by atoms with van der Waals surface area (Å²) >= 11 is 1.88. The second kappa shape index (κ2) is 8.16. The third-order valence-corrected chi connectivity index (χ3v) is 3.82. The van der Waals surface area contributed by atoms with E-state index in [2.05, 4.69) is 42.6 Å². The minimum Gasteiger partial charge on any atom is -0.313 e. The molecule has 0 aliphatic heterocycles. The first-order valence-electron chi connectivity index (χ1n) is 6.05. The van der Waals surface area contributed by atoms with Crippen LogP contribution >= 0.6 is 11.8 Å². The van der Waals surface area contributed by atoms with Gasteiger partial charge in [0.05, 0.1) is 6.07 Å². The van der Waals surface area contributed by atoms with E-state index in [9.17, 15) is 0 Å². The van der Waals surface area contributed by atoms with Crippen molar-refractivity contribution in [3.63, 3.8) is 0 Å². The van der Waals surface area contributed by atoms with Gasteiger partial charge in [-0.2, -0.15) is 5.26 Å². The minimum absolute atomic E-state index is 0.397. The molecular formula is C14H20N2S. The van der Waals surface area contributed by atoms with Crippen molar-refractivity contribution in [1.29, 1.82) is 5.26 Å². The van der Waals surface area contributed by atoms with Gasteiger partial charge in [0, 0.05) is 17.4 Å². The number of rotatable bonds is 7. The molecule has 0 radical (unpaired) electrons. The summed E-state index contributed by atoms with van der Waals surface area (Å²) in [6.45, 7) is 2.16. The van der Waals surface area contributed by atoms with Gasteiger partial charge in [-0.15, -0.1) is 11.8 Å². The number of thioether (sulfide) groups is 1. The monoisotopic (exact) mass is 248 g/mol. The van der Waals surface area contributed by atoms with Gasteiger partial charge in [-0.25, -0.2) is 0 Å². The van der Waals surface area contributed by atoms with E-state index in [0.717, 1.165) is 18.6 Å². The van der Waals surface area contributed by atoms with E-state index in [4.69, 9.17) is 5.26 Å². The molecule has 1 unspecified atom stereocenters. The Balaban J connectivity index is 2.41. The smallest absolute Gasteiger partial charge is 0.0621 e. The first kappa shape index (κ1) is 14.1. The van der Waals surface area contributed by atoms with Crippen molar-refractivity contribution in [3.05, 3.63) is 29.8 Å². The summed E-state index contributed by atoms with van der Waals surface area (Å²) in [5, 5.41) is 11.7. The highest BCUT2D eigenvalue weighted by Gasteiger charge is 2.03. The fourth-order valence-corrected chi connectivity index (χ4v) is 2.51. The summed E-state index contributed by atoms with van der Waals surface area (Å²) in [6.07, 6.45) is 2.80. The van der Waals surface area contributed by atoms with Gasteiger partial charge in [0.15, 0.2) is 0 Å². The second-order valence-electron chi connectivity index (χ2n) is 4.05. The molecule has 1 aromatic carbocycles. The largest absolute Gasteiger partial charge is 0.313 e. The van der Waals surface area contributed by atoms with Gasteiger partial charge in [0.1, 0.15) is 0 Å². The van der Waals surface area contributed by atoms with Crippen molar-refractivity contribution >= 4 is 11.8 Å². The van der Waals surface area contributed by atoms with Crippen LogP contribution in [0.1, 0.15) is 37.8 Å². The molecule has 1 N–H and O–H groups in total. The molecule has 1 aromatic rings. The fraction of sp³-hybridized carbons (Fsp3) is 0.500. The molecule has 1 atom stereocenters. The maximum absolute atomic E-state index is 8.44. The van der Waals surface area contributed by atoms with Crippen molar-refractivity contribution < 1.29 is 0 Å². The third-order valence-electron chi connectivity index (χ3n) is 2.74. The minimum atomic E-state index is 0.397. The Morgan fingerprint density at radius 1 is 1.41 bits per heavy atom. The summed E-state index contributed by atoms with van der Waals surface area (Å²) in [5.41, 5.74) is 1.33. The standard InChI is InChI=1S/C14H20N2S/c1-12(16-2)13-7-6-8-14(11-13)17-10-5-3-4-9-15/h6-8,11-12,16H,3-5,10H2,1-2H3.